The minimum Gasteiger partial charge on any atom is -0.335 e. The first-order valence-corrected chi connectivity index (χ1v) is 5.93. The summed E-state index contributed by atoms with van der Waals surface area (Å²) in [5.74, 6) is -0.188. The van der Waals surface area contributed by atoms with Crippen LogP contribution in [0.25, 0.3) is 0 Å². The van der Waals surface area contributed by atoms with Gasteiger partial charge in [-0.1, -0.05) is 0 Å². The summed E-state index contributed by atoms with van der Waals surface area (Å²) in [6, 6.07) is 1.60. The van der Waals surface area contributed by atoms with Crippen molar-refractivity contribution in [1.29, 1.82) is 0 Å². The Bertz CT molecular complexity index is 449. The van der Waals surface area contributed by atoms with E-state index in [4.69, 9.17) is 0 Å². The highest BCUT2D eigenvalue weighted by molar-refractivity contribution is 5.92. The summed E-state index contributed by atoms with van der Waals surface area (Å²) in [4.78, 5) is 15.0. The van der Waals surface area contributed by atoms with E-state index >= 15 is 0 Å². The third-order valence-electron chi connectivity index (χ3n) is 3.10. The highest BCUT2D eigenvalue weighted by atomic mass is 19.4. The quantitative estimate of drug-likeness (QED) is 0.800. The van der Waals surface area contributed by atoms with Gasteiger partial charge in [-0.2, -0.15) is 18.3 Å². The van der Waals surface area contributed by atoms with Crippen LogP contribution in [0.15, 0.2) is 12.3 Å². The number of nitrogens with zero attached hydrogens (tertiary/aromatic N) is 4. The minimum atomic E-state index is -4.19. The molecule has 8 heteroatoms. The van der Waals surface area contributed by atoms with Gasteiger partial charge < -0.3 is 4.90 Å². The van der Waals surface area contributed by atoms with E-state index in [-0.39, 0.29) is 19.0 Å². The van der Waals surface area contributed by atoms with Crippen LogP contribution >= 0.6 is 0 Å². The van der Waals surface area contributed by atoms with Gasteiger partial charge in [0.05, 0.1) is 6.54 Å². The molecule has 19 heavy (non-hydrogen) atoms. The lowest BCUT2D eigenvalue weighted by molar-refractivity contribution is -0.148. The highest BCUT2D eigenvalue weighted by Gasteiger charge is 2.33. The van der Waals surface area contributed by atoms with Crippen molar-refractivity contribution in [3.05, 3.63) is 18.0 Å². The first-order valence-electron chi connectivity index (χ1n) is 5.93. The molecule has 0 radical (unpaired) electrons. The lowest BCUT2D eigenvalue weighted by atomic mass is 10.2. The van der Waals surface area contributed by atoms with Gasteiger partial charge in [0.25, 0.3) is 5.91 Å². The smallest absolute Gasteiger partial charge is 0.335 e. The van der Waals surface area contributed by atoms with E-state index in [0.29, 0.717) is 18.8 Å². The zero-order chi connectivity index (χ0) is 14.0. The summed E-state index contributed by atoms with van der Waals surface area (Å²) in [5.41, 5.74) is 0.448. The lowest BCUT2D eigenvalue weighted by Gasteiger charge is -2.34. The highest BCUT2D eigenvalue weighted by Crippen LogP contribution is 2.18. The summed E-state index contributed by atoms with van der Waals surface area (Å²) < 4.78 is 38.2. The predicted molar refractivity (Wildman–Crippen MR) is 61.6 cm³/mol. The largest absolute Gasteiger partial charge is 0.401 e. The van der Waals surface area contributed by atoms with Gasteiger partial charge in [-0.3, -0.25) is 14.4 Å². The average molecular weight is 276 g/mol. The molecule has 1 fully saturated rings. The minimum absolute atomic E-state index is 0.188. The van der Waals surface area contributed by atoms with Crippen LogP contribution in [0.4, 0.5) is 13.2 Å². The van der Waals surface area contributed by atoms with E-state index < -0.39 is 12.7 Å². The number of rotatable bonds is 2. The van der Waals surface area contributed by atoms with Crippen LogP contribution in [0, 0.1) is 0 Å². The van der Waals surface area contributed by atoms with Crippen molar-refractivity contribution in [3.8, 4) is 0 Å². The summed E-state index contributed by atoms with van der Waals surface area (Å²) in [7, 11) is 1.66. The Labute approximate surface area is 108 Å². The van der Waals surface area contributed by atoms with Crippen LogP contribution < -0.4 is 0 Å². The Morgan fingerprint density at radius 3 is 2.42 bits per heavy atom. The maximum absolute atomic E-state index is 12.2. The fourth-order valence-corrected chi connectivity index (χ4v) is 2.11. The summed E-state index contributed by atoms with van der Waals surface area (Å²) in [6.45, 7) is 0.174. The van der Waals surface area contributed by atoms with Gasteiger partial charge in [0.2, 0.25) is 0 Å². The summed E-state index contributed by atoms with van der Waals surface area (Å²) in [5, 5.41) is 3.91. The second-order valence-corrected chi connectivity index (χ2v) is 4.52. The summed E-state index contributed by atoms with van der Waals surface area (Å²) in [6.07, 6.45) is -2.67. The number of hydrogen-bond donors (Lipinski definition) is 0. The topological polar surface area (TPSA) is 41.4 Å². The fraction of sp³-hybridized carbons (Fsp3) is 0.636. The molecule has 2 rings (SSSR count). The van der Waals surface area contributed by atoms with Gasteiger partial charge in [-0.25, -0.2) is 0 Å². The van der Waals surface area contributed by atoms with E-state index in [2.05, 4.69) is 5.10 Å². The molecule has 0 atom stereocenters. The average Bonchev–Trinajstić information content (AvgIpc) is 2.73. The maximum Gasteiger partial charge on any atom is 0.401 e. The molecular formula is C11H15F3N4O. The van der Waals surface area contributed by atoms with E-state index in [0.717, 1.165) is 0 Å². The number of piperazine rings is 1. The van der Waals surface area contributed by atoms with Crippen LogP contribution in [0.1, 0.15) is 10.5 Å². The van der Waals surface area contributed by atoms with Gasteiger partial charge in [0, 0.05) is 39.4 Å². The number of aromatic nitrogens is 2. The summed E-state index contributed by atoms with van der Waals surface area (Å²) >= 11 is 0. The van der Waals surface area contributed by atoms with E-state index in [9.17, 15) is 18.0 Å². The Balaban J connectivity index is 1.90. The van der Waals surface area contributed by atoms with Gasteiger partial charge in [0.1, 0.15) is 5.69 Å². The lowest BCUT2D eigenvalue weighted by Crippen LogP contribution is -2.51. The zero-order valence-electron chi connectivity index (χ0n) is 10.5. The van der Waals surface area contributed by atoms with E-state index in [1.165, 1.54) is 15.8 Å². The van der Waals surface area contributed by atoms with Gasteiger partial charge in [-0.05, 0) is 6.07 Å². The van der Waals surface area contributed by atoms with Crippen molar-refractivity contribution < 1.29 is 18.0 Å². The van der Waals surface area contributed by atoms with Gasteiger partial charge in [-0.15, -0.1) is 0 Å². The maximum atomic E-state index is 12.2. The third kappa shape index (κ3) is 3.46. The molecule has 2 heterocycles. The van der Waals surface area contributed by atoms with Crippen molar-refractivity contribution in [2.75, 3.05) is 32.7 Å². The molecule has 1 saturated heterocycles. The van der Waals surface area contributed by atoms with Crippen LogP contribution in [0.3, 0.4) is 0 Å². The standard InChI is InChI=1S/C11H15F3N4O/c1-16-9(2-3-15-16)10(19)18-6-4-17(5-7-18)8-11(12,13)14/h2-3H,4-8H2,1H3. The van der Waals surface area contributed by atoms with Gasteiger partial charge in [0.15, 0.2) is 0 Å². The number of carbonyl (C=O) groups excluding carboxylic acids is 1. The van der Waals surface area contributed by atoms with Crippen molar-refractivity contribution >= 4 is 5.91 Å². The molecule has 0 bridgehead atoms. The fourth-order valence-electron chi connectivity index (χ4n) is 2.11. The van der Waals surface area contributed by atoms with Crippen LogP contribution in [-0.2, 0) is 7.05 Å². The van der Waals surface area contributed by atoms with Crippen LogP contribution in [0.5, 0.6) is 0 Å². The monoisotopic (exact) mass is 276 g/mol. The Kier molecular flexibility index (Phi) is 3.79. The zero-order valence-corrected chi connectivity index (χ0v) is 10.5. The molecule has 1 aliphatic rings. The molecule has 0 N–H and O–H groups in total. The first kappa shape index (κ1) is 13.9. The molecule has 0 aliphatic carbocycles. The molecule has 5 nitrogen and oxygen atoms in total. The van der Waals surface area contributed by atoms with Crippen molar-refractivity contribution in [2.45, 2.75) is 6.18 Å². The van der Waals surface area contributed by atoms with E-state index in [1.54, 1.807) is 18.0 Å². The molecule has 0 saturated carbocycles. The Hall–Kier alpha value is -1.57. The normalized spacial score (nSPS) is 17.8. The molecule has 0 spiro atoms. The van der Waals surface area contributed by atoms with Crippen LogP contribution in [-0.4, -0.2) is 64.4 Å². The van der Waals surface area contributed by atoms with Crippen LogP contribution in [0.2, 0.25) is 0 Å². The van der Waals surface area contributed by atoms with Gasteiger partial charge >= 0.3 is 6.18 Å². The predicted octanol–water partition coefficient (Wildman–Crippen LogP) is 0.740. The Morgan fingerprint density at radius 1 is 1.32 bits per heavy atom. The number of hydrogen-bond acceptors (Lipinski definition) is 3. The molecule has 106 valence electrons. The second-order valence-electron chi connectivity index (χ2n) is 4.52. The number of alkyl halides is 3. The third-order valence-corrected chi connectivity index (χ3v) is 3.10. The second kappa shape index (κ2) is 5.20. The molecular weight excluding hydrogens is 261 g/mol. The van der Waals surface area contributed by atoms with Crippen molar-refractivity contribution in [2.24, 2.45) is 7.05 Å². The molecule has 0 unspecified atom stereocenters. The van der Waals surface area contributed by atoms with E-state index in [1.807, 2.05) is 0 Å². The molecule has 1 amide bonds. The number of carbonyl (C=O) groups is 1. The molecule has 1 aromatic rings. The number of aryl methyl sites for hydroxylation is 1. The van der Waals surface area contributed by atoms with Crippen molar-refractivity contribution in [3.63, 3.8) is 0 Å². The molecule has 0 aromatic carbocycles. The van der Waals surface area contributed by atoms with Crippen molar-refractivity contribution in [1.82, 2.24) is 19.6 Å². The SMILES string of the molecule is Cn1nccc1C(=O)N1CCN(CC(F)(F)F)CC1. The number of halogens is 3. The molecule has 1 aliphatic heterocycles. The Morgan fingerprint density at radius 2 is 1.95 bits per heavy atom. The molecule has 1 aromatic heterocycles. The number of amides is 1. The first-order chi connectivity index (χ1) is 8.87.